The third-order valence-corrected chi connectivity index (χ3v) is 2.90. The molecule has 1 amide bonds. The van der Waals surface area contributed by atoms with Gasteiger partial charge in [0, 0.05) is 17.8 Å². The lowest BCUT2D eigenvalue weighted by Gasteiger charge is -2.07. The number of aryl methyl sites for hydroxylation is 1. The number of carbonyl (C=O) groups is 1. The van der Waals surface area contributed by atoms with E-state index < -0.39 is 5.91 Å². The van der Waals surface area contributed by atoms with Crippen LogP contribution in [0.1, 0.15) is 5.69 Å². The molecule has 0 radical (unpaired) electrons. The largest absolute Gasteiger partial charge is 0.309 e. The molecule has 0 aliphatic carbocycles. The number of aromatic nitrogens is 7. The van der Waals surface area contributed by atoms with Crippen LogP contribution in [0.3, 0.4) is 0 Å². The second kappa shape index (κ2) is 6.13. The van der Waals surface area contributed by atoms with Crippen LogP contribution < -0.4 is 10.9 Å². The van der Waals surface area contributed by atoms with Crippen molar-refractivity contribution in [1.29, 1.82) is 0 Å². The Kier molecular flexibility index (Phi) is 3.87. The minimum Gasteiger partial charge on any atom is -0.309 e. The van der Waals surface area contributed by atoms with Gasteiger partial charge in [0.1, 0.15) is 31.3 Å². The number of nitrogens with zero attached hydrogens (tertiary/aromatic N) is 7. The molecule has 3 aromatic heterocycles. The zero-order valence-corrected chi connectivity index (χ0v) is 12.1. The SMILES string of the molecule is Cc1cc(=O)n(CC(=O)Nc2cc(-n3cncn3)ncn2)cn1. The lowest BCUT2D eigenvalue weighted by atomic mass is 10.4. The second-order valence-electron chi connectivity index (χ2n) is 4.65. The summed E-state index contributed by atoms with van der Waals surface area (Å²) in [6, 6.07) is 2.91. The van der Waals surface area contributed by atoms with E-state index >= 15 is 0 Å². The van der Waals surface area contributed by atoms with Crippen molar-refractivity contribution >= 4 is 11.7 Å². The number of hydrogen-bond donors (Lipinski definition) is 1. The Hall–Kier alpha value is -3.43. The summed E-state index contributed by atoms with van der Waals surface area (Å²) in [6.07, 6.45) is 5.48. The van der Waals surface area contributed by atoms with Crippen molar-refractivity contribution in [3.63, 3.8) is 0 Å². The molecule has 0 aliphatic heterocycles. The molecule has 3 heterocycles. The summed E-state index contributed by atoms with van der Waals surface area (Å²) in [5, 5.41) is 6.54. The number of rotatable bonds is 4. The Labute approximate surface area is 129 Å². The molecule has 0 unspecified atom stereocenters. The first-order valence-electron chi connectivity index (χ1n) is 6.62. The van der Waals surface area contributed by atoms with Gasteiger partial charge in [-0.05, 0) is 6.92 Å². The van der Waals surface area contributed by atoms with Crippen LogP contribution >= 0.6 is 0 Å². The highest BCUT2D eigenvalue weighted by Gasteiger charge is 2.08. The van der Waals surface area contributed by atoms with Gasteiger partial charge in [0.15, 0.2) is 5.82 Å². The predicted molar refractivity (Wildman–Crippen MR) is 78.8 cm³/mol. The zero-order valence-electron chi connectivity index (χ0n) is 12.1. The molecule has 1 N–H and O–H groups in total. The van der Waals surface area contributed by atoms with Crippen LogP contribution in [0, 0.1) is 6.92 Å². The van der Waals surface area contributed by atoms with Gasteiger partial charge in [-0.1, -0.05) is 0 Å². The van der Waals surface area contributed by atoms with Crippen molar-refractivity contribution in [2.75, 3.05) is 5.32 Å². The van der Waals surface area contributed by atoms with Crippen LogP contribution in [0.15, 0.2) is 42.2 Å². The molecule has 0 atom stereocenters. The summed E-state index contributed by atoms with van der Waals surface area (Å²) in [6.45, 7) is 1.55. The number of hydrogen-bond acceptors (Lipinski definition) is 7. The molecule has 10 nitrogen and oxygen atoms in total. The molecule has 0 aliphatic rings. The lowest BCUT2D eigenvalue weighted by molar-refractivity contribution is -0.116. The average Bonchev–Trinajstić information content (AvgIpc) is 3.05. The number of amides is 1. The highest BCUT2D eigenvalue weighted by atomic mass is 16.2. The fraction of sp³-hybridized carbons (Fsp3) is 0.154. The second-order valence-corrected chi connectivity index (χ2v) is 4.65. The Morgan fingerprint density at radius 2 is 2.04 bits per heavy atom. The quantitative estimate of drug-likeness (QED) is 0.693. The van der Waals surface area contributed by atoms with Gasteiger partial charge in [0.2, 0.25) is 5.91 Å². The molecule has 10 heteroatoms. The van der Waals surface area contributed by atoms with E-state index in [1.165, 1.54) is 40.6 Å². The first-order valence-corrected chi connectivity index (χ1v) is 6.62. The van der Waals surface area contributed by atoms with Crippen molar-refractivity contribution < 1.29 is 4.79 Å². The Morgan fingerprint density at radius 3 is 2.78 bits per heavy atom. The van der Waals surface area contributed by atoms with Crippen LogP contribution in [0.4, 0.5) is 5.82 Å². The fourth-order valence-corrected chi connectivity index (χ4v) is 1.84. The highest BCUT2D eigenvalue weighted by molar-refractivity contribution is 5.89. The van der Waals surface area contributed by atoms with Crippen LogP contribution in [0.5, 0.6) is 0 Å². The first-order chi connectivity index (χ1) is 11.1. The van der Waals surface area contributed by atoms with E-state index in [1.807, 2.05) is 0 Å². The summed E-state index contributed by atoms with van der Waals surface area (Å²) in [5.74, 6) is 0.353. The third-order valence-electron chi connectivity index (χ3n) is 2.90. The van der Waals surface area contributed by atoms with Crippen molar-refractivity contribution in [2.45, 2.75) is 13.5 Å². The third kappa shape index (κ3) is 3.43. The van der Waals surface area contributed by atoms with E-state index in [0.717, 1.165) is 0 Å². The number of nitrogens with one attached hydrogen (secondary N) is 1. The van der Waals surface area contributed by atoms with Crippen molar-refractivity contribution in [3.8, 4) is 5.82 Å². The maximum Gasteiger partial charge on any atom is 0.253 e. The van der Waals surface area contributed by atoms with Crippen LogP contribution in [0.2, 0.25) is 0 Å². The monoisotopic (exact) mass is 312 g/mol. The molecular formula is C13H12N8O2. The molecule has 0 spiro atoms. The van der Waals surface area contributed by atoms with E-state index in [9.17, 15) is 9.59 Å². The molecule has 3 aromatic rings. The number of carbonyl (C=O) groups excluding carboxylic acids is 1. The van der Waals surface area contributed by atoms with E-state index in [4.69, 9.17) is 0 Å². The summed E-state index contributed by atoms with van der Waals surface area (Å²) in [5.41, 5.74) is 0.304. The minimum atomic E-state index is -0.402. The molecule has 3 rings (SSSR count). The predicted octanol–water partition coefficient (Wildman–Crippen LogP) is -0.439. The smallest absolute Gasteiger partial charge is 0.253 e. The summed E-state index contributed by atoms with van der Waals surface area (Å²) >= 11 is 0. The van der Waals surface area contributed by atoms with E-state index in [0.29, 0.717) is 17.3 Å². The molecule has 0 bridgehead atoms. The molecular weight excluding hydrogens is 300 g/mol. The Bertz CT molecular complexity index is 887. The topological polar surface area (TPSA) is 120 Å². The maximum absolute atomic E-state index is 12.0. The van der Waals surface area contributed by atoms with Crippen LogP contribution in [0.25, 0.3) is 5.82 Å². The summed E-state index contributed by atoms with van der Waals surface area (Å²) < 4.78 is 2.65. The van der Waals surface area contributed by atoms with Gasteiger partial charge < -0.3 is 5.32 Å². The van der Waals surface area contributed by atoms with Gasteiger partial charge in [0.05, 0.1) is 6.33 Å². The van der Waals surface area contributed by atoms with Gasteiger partial charge in [0.25, 0.3) is 5.56 Å². The van der Waals surface area contributed by atoms with E-state index in [1.54, 1.807) is 13.0 Å². The Balaban J connectivity index is 1.73. The highest BCUT2D eigenvalue weighted by Crippen LogP contribution is 2.07. The van der Waals surface area contributed by atoms with Gasteiger partial charge in [-0.3, -0.25) is 14.2 Å². The van der Waals surface area contributed by atoms with Gasteiger partial charge in [-0.25, -0.2) is 24.6 Å². The fourth-order valence-electron chi connectivity index (χ4n) is 1.84. The average molecular weight is 312 g/mol. The van der Waals surface area contributed by atoms with Crippen molar-refractivity contribution in [2.24, 2.45) is 0 Å². The molecule has 0 saturated heterocycles. The standard InChI is InChI=1S/C13H12N8O2/c1-9-2-13(23)20(8-17-9)4-12(22)19-10-3-11(16-6-15-10)21-7-14-5-18-21/h2-3,5-8H,4H2,1H3,(H,15,16,19,22). The lowest BCUT2D eigenvalue weighted by Crippen LogP contribution is -2.27. The van der Waals surface area contributed by atoms with Crippen LogP contribution in [-0.4, -0.2) is 40.2 Å². The van der Waals surface area contributed by atoms with Gasteiger partial charge in [-0.2, -0.15) is 5.10 Å². The zero-order chi connectivity index (χ0) is 16.2. The summed E-state index contributed by atoms with van der Waals surface area (Å²) in [4.78, 5) is 39.6. The minimum absolute atomic E-state index is 0.158. The van der Waals surface area contributed by atoms with Gasteiger partial charge >= 0.3 is 0 Å². The molecule has 0 saturated carbocycles. The Morgan fingerprint density at radius 1 is 1.17 bits per heavy atom. The maximum atomic E-state index is 12.0. The van der Waals surface area contributed by atoms with E-state index in [2.05, 4.69) is 30.4 Å². The normalized spacial score (nSPS) is 10.5. The van der Waals surface area contributed by atoms with Crippen LogP contribution in [-0.2, 0) is 11.3 Å². The first kappa shape index (κ1) is 14.5. The van der Waals surface area contributed by atoms with Gasteiger partial charge in [-0.15, -0.1) is 0 Å². The molecule has 0 fully saturated rings. The molecule has 0 aromatic carbocycles. The van der Waals surface area contributed by atoms with E-state index in [-0.39, 0.29) is 12.1 Å². The summed E-state index contributed by atoms with van der Waals surface area (Å²) in [7, 11) is 0. The molecule has 116 valence electrons. The molecule has 23 heavy (non-hydrogen) atoms. The van der Waals surface area contributed by atoms with Crippen molar-refractivity contribution in [3.05, 3.63) is 53.5 Å². The van der Waals surface area contributed by atoms with Crippen molar-refractivity contribution in [1.82, 2.24) is 34.3 Å². The number of anilines is 1.